The lowest BCUT2D eigenvalue weighted by atomic mass is 10.1. The Bertz CT molecular complexity index is 1240. The van der Waals surface area contributed by atoms with Gasteiger partial charge < -0.3 is 9.64 Å². The molecule has 3 aromatic carbocycles. The Hall–Kier alpha value is -3.65. The summed E-state index contributed by atoms with van der Waals surface area (Å²) in [6, 6.07) is 20.6. The zero-order valence-electron chi connectivity index (χ0n) is 18.7. The lowest BCUT2D eigenvalue weighted by Crippen LogP contribution is -2.35. The van der Waals surface area contributed by atoms with Gasteiger partial charge >= 0.3 is 5.97 Å². The summed E-state index contributed by atoms with van der Waals surface area (Å²) in [7, 11) is -2.51. The van der Waals surface area contributed by atoms with Crippen LogP contribution in [0.5, 0.6) is 0 Å². The molecule has 0 aliphatic heterocycles. The Morgan fingerprint density at radius 1 is 0.939 bits per heavy atom. The Labute approximate surface area is 194 Å². The van der Waals surface area contributed by atoms with Crippen molar-refractivity contribution < 1.29 is 22.7 Å². The van der Waals surface area contributed by atoms with Crippen molar-refractivity contribution in [2.45, 2.75) is 25.3 Å². The molecule has 0 atom stereocenters. The molecule has 0 radical (unpaired) electrons. The fourth-order valence-electron chi connectivity index (χ4n) is 3.29. The van der Waals surface area contributed by atoms with Gasteiger partial charge in [-0.05, 0) is 60.9 Å². The lowest BCUT2D eigenvalue weighted by Gasteiger charge is -2.22. The standard InChI is InChI=1S/C25H26N2O5S/c1-18-9-10-19(2)23(15-18)33(30,31)26-22-13-11-21(12-14-22)25(29)27(17-24(28)32-3)16-20-7-5-4-6-8-20/h4-15,26H,16-17H2,1-3H3. The topological polar surface area (TPSA) is 92.8 Å². The molecule has 0 unspecified atom stereocenters. The number of methoxy groups -OCH3 is 1. The van der Waals surface area contributed by atoms with Crippen molar-refractivity contribution in [1.29, 1.82) is 0 Å². The average Bonchev–Trinajstić information content (AvgIpc) is 2.80. The number of carbonyl (C=O) groups excluding carboxylic acids is 2. The summed E-state index contributed by atoms with van der Waals surface area (Å²) in [6.07, 6.45) is 0. The molecule has 0 spiro atoms. The maximum absolute atomic E-state index is 13.1. The highest BCUT2D eigenvalue weighted by Gasteiger charge is 2.21. The van der Waals surface area contributed by atoms with Crippen LogP contribution in [0.2, 0.25) is 0 Å². The molecule has 0 aromatic heterocycles. The third kappa shape index (κ3) is 6.20. The SMILES string of the molecule is COC(=O)CN(Cc1ccccc1)C(=O)c1ccc(NS(=O)(=O)c2cc(C)ccc2C)cc1. The van der Waals surface area contributed by atoms with E-state index in [-0.39, 0.29) is 23.9 Å². The molecule has 0 aliphatic carbocycles. The van der Waals surface area contributed by atoms with Gasteiger partial charge in [-0.3, -0.25) is 14.3 Å². The average molecular weight is 467 g/mol. The van der Waals surface area contributed by atoms with Crippen molar-refractivity contribution in [2.24, 2.45) is 0 Å². The van der Waals surface area contributed by atoms with Gasteiger partial charge in [0.2, 0.25) is 0 Å². The molecule has 3 rings (SSSR count). The van der Waals surface area contributed by atoms with Gasteiger partial charge in [0.1, 0.15) is 6.54 Å². The van der Waals surface area contributed by atoms with Crippen LogP contribution in [0.25, 0.3) is 0 Å². The predicted octanol–water partition coefficient (Wildman–Crippen LogP) is 3.92. The van der Waals surface area contributed by atoms with Crippen LogP contribution in [-0.4, -0.2) is 38.8 Å². The monoisotopic (exact) mass is 466 g/mol. The second-order valence-corrected chi connectivity index (χ2v) is 9.33. The number of nitrogens with one attached hydrogen (secondary N) is 1. The summed E-state index contributed by atoms with van der Waals surface area (Å²) >= 11 is 0. The quantitative estimate of drug-likeness (QED) is 0.508. The summed E-state index contributed by atoms with van der Waals surface area (Å²) in [4.78, 5) is 26.5. The van der Waals surface area contributed by atoms with E-state index in [1.54, 1.807) is 19.1 Å². The largest absolute Gasteiger partial charge is 0.468 e. The van der Waals surface area contributed by atoms with Gasteiger partial charge in [-0.15, -0.1) is 0 Å². The third-order valence-electron chi connectivity index (χ3n) is 5.07. The summed E-state index contributed by atoms with van der Waals surface area (Å²) in [5.41, 5.74) is 3.00. The van der Waals surface area contributed by atoms with Crippen LogP contribution in [0.3, 0.4) is 0 Å². The van der Waals surface area contributed by atoms with Crippen LogP contribution in [0.15, 0.2) is 77.7 Å². The molecule has 1 N–H and O–H groups in total. The fraction of sp³-hybridized carbons (Fsp3) is 0.200. The maximum atomic E-state index is 13.1. The summed E-state index contributed by atoms with van der Waals surface area (Å²) < 4.78 is 32.9. The van der Waals surface area contributed by atoms with Gasteiger partial charge in [-0.25, -0.2) is 8.42 Å². The number of esters is 1. The van der Waals surface area contributed by atoms with Crippen LogP contribution in [0, 0.1) is 13.8 Å². The van der Waals surface area contributed by atoms with Gasteiger partial charge in [0.05, 0.1) is 12.0 Å². The maximum Gasteiger partial charge on any atom is 0.325 e. The van der Waals surface area contributed by atoms with Crippen LogP contribution in [-0.2, 0) is 26.1 Å². The highest BCUT2D eigenvalue weighted by Crippen LogP contribution is 2.21. The molecule has 0 fully saturated rings. The normalized spacial score (nSPS) is 11.0. The number of rotatable bonds is 8. The number of anilines is 1. The van der Waals surface area contributed by atoms with Crippen molar-refractivity contribution in [3.8, 4) is 0 Å². The van der Waals surface area contributed by atoms with E-state index in [1.807, 2.05) is 43.3 Å². The molecule has 8 heteroatoms. The number of ether oxygens (including phenoxy) is 1. The molecule has 0 saturated carbocycles. The first kappa shape index (κ1) is 24.0. The first-order valence-electron chi connectivity index (χ1n) is 10.3. The Morgan fingerprint density at radius 2 is 1.61 bits per heavy atom. The van der Waals surface area contributed by atoms with Crippen molar-refractivity contribution in [3.05, 3.63) is 95.1 Å². The van der Waals surface area contributed by atoms with E-state index in [2.05, 4.69) is 4.72 Å². The zero-order valence-corrected chi connectivity index (χ0v) is 19.6. The summed E-state index contributed by atoms with van der Waals surface area (Å²) in [5.74, 6) is -0.898. The smallest absolute Gasteiger partial charge is 0.325 e. The number of carbonyl (C=O) groups is 2. The molecular weight excluding hydrogens is 440 g/mol. The summed E-state index contributed by atoms with van der Waals surface area (Å²) in [5, 5.41) is 0. The van der Waals surface area contributed by atoms with E-state index in [0.717, 1.165) is 11.1 Å². The number of benzene rings is 3. The molecule has 33 heavy (non-hydrogen) atoms. The van der Waals surface area contributed by atoms with Crippen molar-refractivity contribution in [3.63, 3.8) is 0 Å². The van der Waals surface area contributed by atoms with Gasteiger partial charge in [0.15, 0.2) is 0 Å². The first-order chi connectivity index (χ1) is 15.7. The number of nitrogens with zero attached hydrogens (tertiary/aromatic N) is 1. The Balaban J connectivity index is 1.79. The van der Waals surface area contributed by atoms with Gasteiger partial charge in [-0.1, -0.05) is 42.5 Å². The van der Waals surface area contributed by atoms with Gasteiger partial charge in [-0.2, -0.15) is 0 Å². The summed E-state index contributed by atoms with van der Waals surface area (Å²) in [6.45, 7) is 3.59. The number of amides is 1. The minimum absolute atomic E-state index is 0.203. The van der Waals surface area contributed by atoms with E-state index in [0.29, 0.717) is 16.8 Å². The highest BCUT2D eigenvalue weighted by atomic mass is 32.2. The highest BCUT2D eigenvalue weighted by molar-refractivity contribution is 7.92. The van der Waals surface area contributed by atoms with Crippen LogP contribution >= 0.6 is 0 Å². The molecular formula is C25H26N2O5S. The Morgan fingerprint density at radius 3 is 2.24 bits per heavy atom. The van der Waals surface area contributed by atoms with Crippen molar-refractivity contribution in [1.82, 2.24) is 4.90 Å². The molecule has 172 valence electrons. The molecule has 0 saturated heterocycles. The van der Waals surface area contributed by atoms with Crippen LogP contribution < -0.4 is 4.72 Å². The second-order valence-electron chi connectivity index (χ2n) is 7.67. The predicted molar refractivity (Wildman–Crippen MR) is 126 cm³/mol. The first-order valence-corrected chi connectivity index (χ1v) is 11.8. The number of hydrogen-bond acceptors (Lipinski definition) is 5. The number of aryl methyl sites for hydroxylation is 2. The zero-order chi connectivity index (χ0) is 24.0. The van der Waals surface area contributed by atoms with E-state index in [4.69, 9.17) is 4.74 Å². The van der Waals surface area contributed by atoms with Crippen molar-refractivity contribution >= 4 is 27.6 Å². The van der Waals surface area contributed by atoms with Crippen molar-refractivity contribution in [2.75, 3.05) is 18.4 Å². The molecule has 3 aromatic rings. The van der Waals surface area contributed by atoms with E-state index >= 15 is 0 Å². The second kappa shape index (κ2) is 10.3. The molecule has 0 heterocycles. The number of hydrogen-bond donors (Lipinski definition) is 1. The van der Waals surface area contributed by atoms with E-state index in [9.17, 15) is 18.0 Å². The minimum atomic E-state index is -3.78. The fourth-order valence-corrected chi connectivity index (χ4v) is 4.68. The third-order valence-corrected chi connectivity index (χ3v) is 6.59. The van der Waals surface area contributed by atoms with Crippen LogP contribution in [0.4, 0.5) is 5.69 Å². The van der Waals surface area contributed by atoms with E-state index < -0.39 is 16.0 Å². The van der Waals surface area contributed by atoms with Gasteiger partial charge in [0.25, 0.3) is 15.9 Å². The molecule has 1 amide bonds. The molecule has 0 aliphatic rings. The minimum Gasteiger partial charge on any atom is -0.468 e. The molecule has 7 nitrogen and oxygen atoms in total. The van der Waals surface area contributed by atoms with E-state index in [1.165, 1.54) is 36.3 Å². The van der Waals surface area contributed by atoms with Crippen LogP contribution in [0.1, 0.15) is 27.0 Å². The Kier molecular flexibility index (Phi) is 7.50. The lowest BCUT2D eigenvalue weighted by molar-refractivity contribution is -0.141. The molecule has 0 bridgehead atoms. The van der Waals surface area contributed by atoms with Gasteiger partial charge in [0, 0.05) is 17.8 Å². The number of sulfonamides is 1.